The van der Waals surface area contributed by atoms with Gasteiger partial charge in [0.2, 0.25) is 0 Å². The van der Waals surface area contributed by atoms with Gasteiger partial charge in [0, 0.05) is 10.0 Å². The normalized spacial score (nSPS) is 11.0. The minimum atomic E-state index is -2.59. The van der Waals surface area contributed by atoms with Crippen LogP contribution in [0.5, 0.6) is 0 Å². The van der Waals surface area contributed by atoms with E-state index in [0.717, 1.165) is 15.7 Å². The molecule has 21 heavy (non-hydrogen) atoms. The number of benzene rings is 2. The molecule has 0 aliphatic carbocycles. The Morgan fingerprint density at radius 2 is 1.62 bits per heavy atom. The Kier molecular flexibility index (Phi) is 3.84. The van der Waals surface area contributed by atoms with Crippen LogP contribution in [0.1, 0.15) is 12.1 Å². The van der Waals surface area contributed by atoms with Crippen molar-refractivity contribution in [2.24, 2.45) is 0 Å². The van der Waals surface area contributed by atoms with Gasteiger partial charge in [0.25, 0.3) is 6.43 Å². The first-order valence-corrected chi connectivity index (χ1v) is 7.14. The first-order valence-electron chi connectivity index (χ1n) is 6.34. The van der Waals surface area contributed by atoms with Crippen molar-refractivity contribution in [2.75, 3.05) is 0 Å². The molecule has 0 aliphatic rings. The van der Waals surface area contributed by atoms with Crippen LogP contribution in [0.2, 0.25) is 0 Å². The standard InChI is InChI=1S/C16H11BrF2N2/c17-12-6-8-13(9-7-12)21-15(10-14(20-21)16(18)19)11-4-2-1-3-5-11/h1-10,16H. The summed E-state index contributed by atoms with van der Waals surface area (Å²) < 4.78 is 28.4. The summed E-state index contributed by atoms with van der Waals surface area (Å²) in [6.07, 6.45) is -2.59. The van der Waals surface area contributed by atoms with E-state index in [2.05, 4.69) is 21.0 Å². The Balaban J connectivity index is 2.16. The average Bonchev–Trinajstić information content (AvgIpc) is 2.94. The number of hydrogen-bond donors (Lipinski definition) is 0. The van der Waals surface area contributed by atoms with Crippen LogP contribution in [0.4, 0.5) is 8.78 Å². The van der Waals surface area contributed by atoms with E-state index in [1.165, 1.54) is 6.07 Å². The van der Waals surface area contributed by atoms with Gasteiger partial charge in [0.15, 0.2) is 0 Å². The van der Waals surface area contributed by atoms with Crippen molar-refractivity contribution in [2.45, 2.75) is 6.43 Å². The number of hydrogen-bond acceptors (Lipinski definition) is 1. The van der Waals surface area contributed by atoms with Crippen LogP contribution in [-0.2, 0) is 0 Å². The van der Waals surface area contributed by atoms with Gasteiger partial charge in [-0.15, -0.1) is 0 Å². The summed E-state index contributed by atoms with van der Waals surface area (Å²) >= 11 is 3.36. The summed E-state index contributed by atoms with van der Waals surface area (Å²) in [6, 6.07) is 18.2. The highest BCUT2D eigenvalue weighted by Gasteiger charge is 2.17. The average molecular weight is 349 g/mol. The molecule has 0 bridgehead atoms. The Labute approximate surface area is 129 Å². The van der Waals surface area contributed by atoms with Gasteiger partial charge >= 0.3 is 0 Å². The van der Waals surface area contributed by atoms with Gasteiger partial charge in [-0.1, -0.05) is 46.3 Å². The minimum Gasteiger partial charge on any atom is -0.233 e. The lowest BCUT2D eigenvalue weighted by molar-refractivity contribution is 0.145. The molecular weight excluding hydrogens is 338 g/mol. The second-order valence-electron chi connectivity index (χ2n) is 4.51. The van der Waals surface area contributed by atoms with Crippen LogP contribution in [0.3, 0.4) is 0 Å². The van der Waals surface area contributed by atoms with E-state index >= 15 is 0 Å². The smallest absolute Gasteiger partial charge is 0.233 e. The van der Waals surface area contributed by atoms with Gasteiger partial charge in [-0.2, -0.15) is 5.10 Å². The summed E-state index contributed by atoms with van der Waals surface area (Å²) in [5.41, 5.74) is 2.01. The second kappa shape index (κ2) is 5.77. The van der Waals surface area contributed by atoms with Crippen molar-refractivity contribution < 1.29 is 8.78 Å². The highest BCUT2D eigenvalue weighted by molar-refractivity contribution is 9.10. The largest absolute Gasteiger partial charge is 0.282 e. The molecule has 0 fully saturated rings. The fourth-order valence-electron chi connectivity index (χ4n) is 2.10. The molecule has 0 aliphatic heterocycles. The third kappa shape index (κ3) is 2.88. The Morgan fingerprint density at radius 1 is 0.952 bits per heavy atom. The summed E-state index contributed by atoms with van der Waals surface area (Å²) in [6.45, 7) is 0. The first-order chi connectivity index (χ1) is 10.1. The Bertz CT molecular complexity index is 737. The lowest BCUT2D eigenvalue weighted by Gasteiger charge is -2.07. The Hall–Kier alpha value is -2.01. The predicted octanol–water partition coefficient (Wildman–Crippen LogP) is 5.24. The molecule has 0 unspecified atom stereocenters. The molecule has 2 aromatic carbocycles. The molecule has 0 radical (unpaired) electrons. The number of nitrogens with zero attached hydrogens (tertiary/aromatic N) is 2. The van der Waals surface area contributed by atoms with E-state index < -0.39 is 6.43 Å². The van der Waals surface area contributed by atoms with Crippen molar-refractivity contribution in [1.29, 1.82) is 0 Å². The van der Waals surface area contributed by atoms with E-state index in [1.54, 1.807) is 4.68 Å². The third-order valence-electron chi connectivity index (χ3n) is 3.09. The molecule has 3 rings (SSSR count). The van der Waals surface area contributed by atoms with E-state index in [0.29, 0.717) is 5.69 Å². The SMILES string of the molecule is FC(F)c1cc(-c2ccccc2)n(-c2ccc(Br)cc2)n1. The number of aromatic nitrogens is 2. The topological polar surface area (TPSA) is 17.8 Å². The molecule has 0 atom stereocenters. The van der Waals surface area contributed by atoms with Gasteiger partial charge in [-0.3, -0.25) is 0 Å². The molecule has 0 spiro atoms. The molecule has 1 heterocycles. The fourth-order valence-corrected chi connectivity index (χ4v) is 2.36. The molecular formula is C16H11BrF2N2. The molecule has 106 valence electrons. The minimum absolute atomic E-state index is 0.225. The highest BCUT2D eigenvalue weighted by Crippen LogP contribution is 2.28. The van der Waals surface area contributed by atoms with Crippen LogP contribution < -0.4 is 0 Å². The van der Waals surface area contributed by atoms with Gasteiger partial charge in [-0.05, 0) is 30.3 Å². The first kappa shape index (κ1) is 13.9. The molecule has 0 saturated carbocycles. The Morgan fingerprint density at radius 3 is 2.24 bits per heavy atom. The highest BCUT2D eigenvalue weighted by atomic mass is 79.9. The number of alkyl halides is 2. The summed E-state index contributed by atoms with van der Waals surface area (Å²) in [4.78, 5) is 0. The maximum Gasteiger partial charge on any atom is 0.282 e. The van der Waals surface area contributed by atoms with E-state index in [9.17, 15) is 8.78 Å². The van der Waals surface area contributed by atoms with Gasteiger partial charge in [-0.25, -0.2) is 13.5 Å². The summed E-state index contributed by atoms with van der Waals surface area (Å²) in [5.74, 6) is 0. The molecule has 5 heteroatoms. The summed E-state index contributed by atoms with van der Waals surface area (Å²) in [7, 11) is 0. The van der Waals surface area contributed by atoms with E-state index in [4.69, 9.17) is 0 Å². The van der Waals surface area contributed by atoms with E-state index in [-0.39, 0.29) is 5.69 Å². The van der Waals surface area contributed by atoms with Crippen molar-refractivity contribution in [1.82, 2.24) is 9.78 Å². The molecule has 2 nitrogen and oxygen atoms in total. The monoisotopic (exact) mass is 348 g/mol. The molecule has 0 saturated heterocycles. The van der Waals surface area contributed by atoms with E-state index in [1.807, 2.05) is 54.6 Å². The quantitative estimate of drug-likeness (QED) is 0.632. The van der Waals surface area contributed by atoms with Crippen molar-refractivity contribution in [3.63, 3.8) is 0 Å². The molecule has 0 amide bonds. The summed E-state index contributed by atoms with van der Waals surface area (Å²) in [5, 5.41) is 4.04. The third-order valence-corrected chi connectivity index (χ3v) is 3.62. The number of halogens is 3. The zero-order valence-electron chi connectivity index (χ0n) is 10.9. The van der Waals surface area contributed by atoms with Crippen LogP contribution in [-0.4, -0.2) is 9.78 Å². The van der Waals surface area contributed by atoms with Crippen molar-refractivity contribution in [3.05, 3.63) is 70.8 Å². The maximum atomic E-state index is 13.0. The van der Waals surface area contributed by atoms with Crippen LogP contribution >= 0.6 is 15.9 Å². The van der Waals surface area contributed by atoms with Crippen molar-refractivity contribution >= 4 is 15.9 Å². The molecule has 3 aromatic rings. The number of rotatable bonds is 3. The maximum absolute atomic E-state index is 13.0. The lowest BCUT2D eigenvalue weighted by atomic mass is 10.1. The zero-order valence-corrected chi connectivity index (χ0v) is 12.5. The van der Waals surface area contributed by atoms with Gasteiger partial charge in [0.05, 0.1) is 11.4 Å². The fraction of sp³-hybridized carbons (Fsp3) is 0.0625. The molecule has 0 N–H and O–H groups in total. The van der Waals surface area contributed by atoms with Gasteiger partial charge < -0.3 is 0 Å². The van der Waals surface area contributed by atoms with Crippen LogP contribution in [0.15, 0.2) is 65.1 Å². The molecule has 1 aromatic heterocycles. The zero-order chi connectivity index (χ0) is 14.8. The van der Waals surface area contributed by atoms with Crippen LogP contribution in [0, 0.1) is 0 Å². The lowest BCUT2D eigenvalue weighted by Crippen LogP contribution is -1.99. The van der Waals surface area contributed by atoms with Gasteiger partial charge in [0.1, 0.15) is 5.69 Å². The van der Waals surface area contributed by atoms with Crippen molar-refractivity contribution in [3.8, 4) is 16.9 Å². The second-order valence-corrected chi connectivity index (χ2v) is 5.43. The van der Waals surface area contributed by atoms with Crippen LogP contribution in [0.25, 0.3) is 16.9 Å². The predicted molar refractivity (Wildman–Crippen MR) is 81.7 cm³/mol.